The Kier molecular flexibility index (Phi) is 6.11. The van der Waals surface area contributed by atoms with Crippen molar-refractivity contribution >= 4 is 17.5 Å². The van der Waals surface area contributed by atoms with Crippen LogP contribution in [0, 0.1) is 5.92 Å². The maximum Gasteiger partial charge on any atom is 0.224 e. The van der Waals surface area contributed by atoms with Crippen LogP contribution in [0.2, 0.25) is 5.02 Å². The minimum absolute atomic E-state index is 0.0547. The molecule has 0 saturated carbocycles. The van der Waals surface area contributed by atoms with Crippen LogP contribution >= 0.6 is 11.6 Å². The average Bonchev–Trinajstić information content (AvgIpc) is 2.63. The topological polar surface area (TPSA) is 32.3 Å². The number of benzene rings is 2. The first kappa shape index (κ1) is 18.0. The minimum atomic E-state index is 0.0547. The number of hydrogen-bond donors (Lipinski definition) is 1. The Bertz CT molecular complexity index is 704. The van der Waals surface area contributed by atoms with E-state index in [-0.39, 0.29) is 11.8 Å². The number of carbonyl (C=O) groups excluding carboxylic acids is 1. The van der Waals surface area contributed by atoms with Gasteiger partial charge in [0.15, 0.2) is 0 Å². The van der Waals surface area contributed by atoms with Crippen molar-refractivity contribution in [1.82, 2.24) is 10.2 Å². The van der Waals surface area contributed by atoms with E-state index in [1.165, 1.54) is 11.1 Å². The number of hydrogen-bond acceptors (Lipinski definition) is 2. The number of piperidine rings is 1. The van der Waals surface area contributed by atoms with Crippen molar-refractivity contribution in [3.63, 3.8) is 0 Å². The van der Waals surface area contributed by atoms with Gasteiger partial charge in [0.05, 0.1) is 5.92 Å². The highest BCUT2D eigenvalue weighted by Gasteiger charge is 2.32. The van der Waals surface area contributed by atoms with E-state index in [1.54, 1.807) is 0 Å². The van der Waals surface area contributed by atoms with Crippen molar-refractivity contribution in [3.8, 4) is 0 Å². The molecule has 25 heavy (non-hydrogen) atoms. The molecule has 1 N–H and O–H groups in total. The van der Waals surface area contributed by atoms with Gasteiger partial charge in [0, 0.05) is 30.7 Å². The summed E-state index contributed by atoms with van der Waals surface area (Å²) in [7, 11) is 0. The van der Waals surface area contributed by atoms with Crippen molar-refractivity contribution < 1.29 is 4.79 Å². The molecule has 2 unspecified atom stereocenters. The molecule has 3 nitrogen and oxygen atoms in total. The molecule has 1 aliphatic heterocycles. The van der Waals surface area contributed by atoms with Crippen LogP contribution in [-0.4, -0.2) is 23.9 Å². The van der Waals surface area contributed by atoms with Gasteiger partial charge in [-0.1, -0.05) is 54.1 Å². The summed E-state index contributed by atoms with van der Waals surface area (Å²) in [6.45, 7) is 4.23. The second-order valence-electron chi connectivity index (χ2n) is 6.65. The summed E-state index contributed by atoms with van der Waals surface area (Å²) in [4.78, 5) is 14.8. The number of likely N-dealkylation sites (tertiary alicyclic amines) is 1. The smallest absolute Gasteiger partial charge is 0.224 e. The van der Waals surface area contributed by atoms with Gasteiger partial charge in [-0.15, -0.1) is 0 Å². The van der Waals surface area contributed by atoms with E-state index < -0.39 is 0 Å². The molecule has 2 aromatic carbocycles. The predicted molar refractivity (Wildman–Crippen MR) is 102 cm³/mol. The van der Waals surface area contributed by atoms with Crippen LogP contribution in [0.1, 0.15) is 36.9 Å². The zero-order valence-electron chi connectivity index (χ0n) is 14.6. The van der Waals surface area contributed by atoms with Gasteiger partial charge in [-0.05, 0) is 43.0 Å². The molecule has 1 heterocycles. The van der Waals surface area contributed by atoms with Gasteiger partial charge in [-0.2, -0.15) is 0 Å². The molecule has 1 fully saturated rings. The Labute approximate surface area is 155 Å². The predicted octanol–water partition coefficient (Wildman–Crippen LogP) is 4.43. The number of nitrogens with one attached hydrogen (secondary N) is 1. The standard InChI is InChI=1S/C21H25ClN2O/c1-2-23-21(25)18-11-12-20(17-8-4-3-5-9-17)24(15-18)14-16-7-6-10-19(22)13-16/h3-10,13,18,20H,2,11-12,14-15H2,1H3,(H,23,25). The molecule has 0 aromatic heterocycles. The summed E-state index contributed by atoms with van der Waals surface area (Å²) >= 11 is 6.15. The van der Waals surface area contributed by atoms with Crippen LogP contribution in [-0.2, 0) is 11.3 Å². The SMILES string of the molecule is CCNC(=O)C1CCC(c2ccccc2)N(Cc2cccc(Cl)c2)C1. The van der Waals surface area contributed by atoms with E-state index in [1.807, 2.05) is 31.2 Å². The normalized spacial score (nSPS) is 21.0. The third kappa shape index (κ3) is 4.62. The number of halogens is 1. The van der Waals surface area contributed by atoms with E-state index in [9.17, 15) is 4.79 Å². The second-order valence-corrected chi connectivity index (χ2v) is 7.09. The molecule has 3 rings (SSSR count). The summed E-state index contributed by atoms with van der Waals surface area (Å²) < 4.78 is 0. The fraction of sp³-hybridized carbons (Fsp3) is 0.381. The molecular formula is C21H25ClN2O. The third-order valence-electron chi connectivity index (χ3n) is 4.87. The first-order valence-electron chi connectivity index (χ1n) is 8.98. The fourth-order valence-electron chi connectivity index (χ4n) is 3.67. The molecule has 0 bridgehead atoms. The molecule has 132 valence electrons. The summed E-state index contributed by atoms with van der Waals surface area (Å²) in [6.07, 6.45) is 1.92. The lowest BCUT2D eigenvalue weighted by Crippen LogP contribution is -2.44. The second kappa shape index (κ2) is 8.50. The molecular weight excluding hydrogens is 332 g/mol. The van der Waals surface area contributed by atoms with Crippen molar-refractivity contribution in [1.29, 1.82) is 0 Å². The van der Waals surface area contributed by atoms with Gasteiger partial charge >= 0.3 is 0 Å². The van der Waals surface area contributed by atoms with E-state index in [0.29, 0.717) is 12.6 Å². The lowest BCUT2D eigenvalue weighted by Gasteiger charge is -2.39. The highest BCUT2D eigenvalue weighted by molar-refractivity contribution is 6.30. The zero-order chi connectivity index (χ0) is 17.6. The van der Waals surface area contributed by atoms with Crippen molar-refractivity contribution in [2.75, 3.05) is 13.1 Å². The molecule has 4 heteroatoms. The maximum atomic E-state index is 12.3. The van der Waals surface area contributed by atoms with E-state index in [2.05, 4.69) is 40.5 Å². The molecule has 1 saturated heterocycles. The highest BCUT2D eigenvalue weighted by atomic mass is 35.5. The molecule has 2 atom stereocenters. The quantitative estimate of drug-likeness (QED) is 0.859. The molecule has 0 aliphatic carbocycles. The Morgan fingerprint density at radius 2 is 1.96 bits per heavy atom. The molecule has 2 aromatic rings. The monoisotopic (exact) mass is 356 g/mol. The highest BCUT2D eigenvalue weighted by Crippen LogP contribution is 2.34. The number of carbonyl (C=O) groups is 1. The van der Waals surface area contributed by atoms with Crippen LogP contribution < -0.4 is 5.32 Å². The van der Waals surface area contributed by atoms with E-state index in [0.717, 1.165) is 31.0 Å². The Hall–Kier alpha value is -1.84. The number of rotatable bonds is 5. The summed E-state index contributed by atoms with van der Waals surface area (Å²) in [5.74, 6) is 0.226. The Balaban J connectivity index is 1.81. The van der Waals surface area contributed by atoms with E-state index >= 15 is 0 Å². The van der Waals surface area contributed by atoms with Gasteiger partial charge in [-0.25, -0.2) is 0 Å². The van der Waals surface area contributed by atoms with Crippen LogP contribution in [0.25, 0.3) is 0 Å². The first-order chi connectivity index (χ1) is 12.2. The number of amides is 1. The van der Waals surface area contributed by atoms with Crippen molar-refractivity contribution in [2.45, 2.75) is 32.4 Å². The summed E-state index contributed by atoms with van der Waals surface area (Å²) in [5.41, 5.74) is 2.50. The van der Waals surface area contributed by atoms with Crippen LogP contribution in [0.4, 0.5) is 0 Å². The van der Waals surface area contributed by atoms with Crippen LogP contribution in [0.15, 0.2) is 54.6 Å². The average molecular weight is 357 g/mol. The third-order valence-corrected chi connectivity index (χ3v) is 5.10. The largest absolute Gasteiger partial charge is 0.356 e. The van der Waals surface area contributed by atoms with Crippen LogP contribution in [0.3, 0.4) is 0 Å². The van der Waals surface area contributed by atoms with Gasteiger partial charge < -0.3 is 5.32 Å². The molecule has 0 radical (unpaired) electrons. The lowest BCUT2D eigenvalue weighted by molar-refractivity contribution is -0.127. The fourth-order valence-corrected chi connectivity index (χ4v) is 3.89. The summed E-state index contributed by atoms with van der Waals surface area (Å²) in [5, 5.41) is 3.73. The van der Waals surface area contributed by atoms with Crippen molar-refractivity contribution in [3.05, 3.63) is 70.7 Å². The van der Waals surface area contributed by atoms with Gasteiger partial charge in [0.1, 0.15) is 0 Å². The van der Waals surface area contributed by atoms with Gasteiger partial charge in [-0.3, -0.25) is 9.69 Å². The minimum Gasteiger partial charge on any atom is -0.356 e. The van der Waals surface area contributed by atoms with Crippen LogP contribution in [0.5, 0.6) is 0 Å². The van der Waals surface area contributed by atoms with Gasteiger partial charge in [0.2, 0.25) is 5.91 Å². The zero-order valence-corrected chi connectivity index (χ0v) is 15.4. The van der Waals surface area contributed by atoms with E-state index in [4.69, 9.17) is 11.6 Å². The molecule has 0 spiro atoms. The molecule has 1 aliphatic rings. The lowest BCUT2D eigenvalue weighted by atomic mass is 9.88. The van der Waals surface area contributed by atoms with Crippen molar-refractivity contribution in [2.24, 2.45) is 5.92 Å². The Morgan fingerprint density at radius 1 is 1.16 bits per heavy atom. The molecule has 1 amide bonds. The maximum absolute atomic E-state index is 12.3. The first-order valence-corrected chi connectivity index (χ1v) is 9.36. The van der Waals surface area contributed by atoms with Gasteiger partial charge in [0.25, 0.3) is 0 Å². The number of nitrogens with zero attached hydrogens (tertiary/aromatic N) is 1. The Morgan fingerprint density at radius 3 is 2.68 bits per heavy atom. The summed E-state index contributed by atoms with van der Waals surface area (Å²) in [6, 6.07) is 18.9.